The molecule has 2 rings (SSSR count). The molecule has 9 nitrogen and oxygen atoms in total. The number of anilines is 1. The van der Waals surface area contributed by atoms with Gasteiger partial charge in [0.15, 0.2) is 0 Å². The van der Waals surface area contributed by atoms with E-state index in [9.17, 15) is 32.9 Å². The molecule has 0 aliphatic heterocycles. The standard InChI is InChI=1S/C24H32FN3O6S/c1-6-18(23(31)32)20(30)13-17(29)11-12-19-21(14(2)3)26-24(28(4)35(5,33)34)27-22(19)15-7-9-16(25)10-8-15/h7-12,14,17-18,20,29-30H,6,13H2,1-5H3,(H,31,32)/t17-,18?,20-/m1/s1. The Hall–Kier alpha value is -2.89. The van der Waals surface area contributed by atoms with Crippen molar-refractivity contribution in [2.45, 2.75) is 51.7 Å². The number of hydrogen-bond donors (Lipinski definition) is 3. The van der Waals surface area contributed by atoms with Gasteiger partial charge in [0.1, 0.15) is 5.82 Å². The van der Waals surface area contributed by atoms with Crippen molar-refractivity contribution in [3.8, 4) is 11.3 Å². The normalized spacial score (nSPS) is 14.8. The van der Waals surface area contributed by atoms with Gasteiger partial charge in [0, 0.05) is 24.6 Å². The van der Waals surface area contributed by atoms with E-state index in [0.717, 1.165) is 10.6 Å². The van der Waals surface area contributed by atoms with Crippen LogP contribution in [0.2, 0.25) is 0 Å². The summed E-state index contributed by atoms with van der Waals surface area (Å²) in [6, 6.07) is 5.51. The topological polar surface area (TPSA) is 141 Å². The maximum absolute atomic E-state index is 13.6. The van der Waals surface area contributed by atoms with Crippen LogP contribution in [0.15, 0.2) is 30.3 Å². The number of nitrogens with zero attached hydrogens (tertiary/aromatic N) is 3. The fraction of sp³-hybridized carbons (Fsp3) is 0.458. The fourth-order valence-corrected chi connectivity index (χ4v) is 3.88. The van der Waals surface area contributed by atoms with Crippen molar-refractivity contribution in [3.63, 3.8) is 0 Å². The summed E-state index contributed by atoms with van der Waals surface area (Å²) in [5.41, 5.74) is 1.81. The molecule has 0 saturated carbocycles. The Labute approximate surface area is 205 Å². The smallest absolute Gasteiger partial charge is 0.309 e. The van der Waals surface area contributed by atoms with Crippen molar-refractivity contribution in [1.29, 1.82) is 0 Å². The third kappa shape index (κ3) is 7.30. The molecule has 0 saturated heterocycles. The van der Waals surface area contributed by atoms with Crippen molar-refractivity contribution in [2.24, 2.45) is 5.92 Å². The number of aliphatic carboxylic acids is 1. The second-order valence-corrected chi connectivity index (χ2v) is 10.7. The lowest BCUT2D eigenvalue weighted by molar-refractivity contribution is -0.146. The molecule has 11 heteroatoms. The molecule has 192 valence electrons. The summed E-state index contributed by atoms with van der Waals surface area (Å²) in [6.07, 6.45) is 1.58. The zero-order valence-electron chi connectivity index (χ0n) is 20.4. The predicted octanol–water partition coefficient (Wildman–Crippen LogP) is 3.04. The zero-order chi connectivity index (χ0) is 26.5. The average Bonchev–Trinajstić information content (AvgIpc) is 2.76. The molecular formula is C24H32FN3O6S. The summed E-state index contributed by atoms with van der Waals surface area (Å²) in [5.74, 6) is -2.84. The third-order valence-electron chi connectivity index (χ3n) is 5.60. The fourth-order valence-electron chi connectivity index (χ4n) is 3.50. The molecule has 0 amide bonds. The first-order valence-corrected chi connectivity index (χ1v) is 13.0. The maximum atomic E-state index is 13.6. The van der Waals surface area contributed by atoms with Crippen molar-refractivity contribution >= 4 is 28.0 Å². The van der Waals surface area contributed by atoms with Crippen LogP contribution < -0.4 is 4.31 Å². The molecule has 0 bridgehead atoms. The third-order valence-corrected chi connectivity index (χ3v) is 6.75. The van der Waals surface area contributed by atoms with Crippen molar-refractivity contribution in [1.82, 2.24) is 9.97 Å². The van der Waals surface area contributed by atoms with Gasteiger partial charge in [-0.3, -0.25) is 4.79 Å². The molecule has 2 aromatic rings. The van der Waals surface area contributed by atoms with E-state index in [1.54, 1.807) is 13.0 Å². The molecule has 1 aromatic carbocycles. The Bertz CT molecular complexity index is 1170. The number of sulfonamides is 1. The summed E-state index contributed by atoms with van der Waals surface area (Å²) in [7, 11) is -2.33. The van der Waals surface area contributed by atoms with Gasteiger partial charge in [-0.2, -0.15) is 0 Å². The molecule has 0 aliphatic carbocycles. The Morgan fingerprint density at radius 2 is 1.77 bits per heavy atom. The minimum atomic E-state index is -3.66. The molecule has 35 heavy (non-hydrogen) atoms. The van der Waals surface area contributed by atoms with Crippen LogP contribution in [0.5, 0.6) is 0 Å². The largest absolute Gasteiger partial charge is 0.481 e. The van der Waals surface area contributed by atoms with E-state index in [0.29, 0.717) is 22.5 Å². The number of carbonyl (C=O) groups is 1. The average molecular weight is 510 g/mol. The minimum absolute atomic E-state index is 0.0594. The quantitative estimate of drug-likeness (QED) is 0.420. The Morgan fingerprint density at radius 3 is 2.26 bits per heavy atom. The number of carboxylic acid groups (broad SMARTS) is 1. The number of halogens is 1. The van der Waals surface area contributed by atoms with Crippen LogP contribution in [0, 0.1) is 11.7 Å². The number of carboxylic acids is 1. The lowest BCUT2D eigenvalue weighted by atomic mass is 9.94. The molecule has 0 aliphatic rings. The van der Waals surface area contributed by atoms with Crippen LogP contribution >= 0.6 is 0 Å². The second kappa shape index (κ2) is 11.7. The van der Waals surface area contributed by atoms with Gasteiger partial charge >= 0.3 is 5.97 Å². The highest BCUT2D eigenvalue weighted by Crippen LogP contribution is 2.32. The highest BCUT2D eigenvalue weighted by Gasteiger charge is 2.26. The van der Waals surface area contributed by atoms with Gasteiger partial charge in [-0.25, -0.2) is 27.1 Å². The monoisotopic (exact) mass is 509 g/mol. The van der Waals surface area contributed by atoms with Gasteiger partial charge in [-0.1, -0.05) is 32.9 Å². The number of aliphatic hydroxyl groups excluding tert-OH is 2. The van der Waals surface area contributed by atoms with Gasteiger partial charge in [0.2, 0.25) is 16.0 Å². The van der Waals surface area contributed by atoms with Gasteiger partial charge < -0.3 is 15.3 Å². The van der Waals surface area contributed by atoms with E-state index < -0.39 is 39.9 Å². The van der Waals surface area contributed by atoms with E-state index in [4.69, 9.17) is 0 Å². The van der Waals surface area contributed by atoms with Gasteiger partial charge in [0.25, 0.3) is 0 Å². The molecule has 3 N–H and O–H groups in total. The number of aliphatic hydroxyl groups is 2. The maximum Gasteiger partial charge on any atom is 0.309 e. The van der Waals surface area contributed by atoms with Gasteiger partial charge in [-0.05, 0) is 36.6 Å². The Morgan fingerprint density at radius 1 is 1.17 bits per heavy atom. The van der Waals surface area contributed by atoms with Crippen molar-refractivity contribution < 1.29 is 32.9 Å². The van der Waals surface area contributed by atoms with Crippen LogP contribution in [0.4, 0.5) is 10.3 Å². The van der Waals surface area contributed by atoms with Crippen LogP contribution in [-0.4, -0.2) is 65.2 Å². The molecule has 1 heterocycles. The van der Waals surface area contributed by atoms with E-state index in [-0.39, 0.29) is 24.7 Å². The number of hydrogen-bond acceptors (Lipinski definition) is 7. The van der Waals surface area contributed by atoms with Crippen molar-refractivity contribution in [3.05, 3.63) is 47.4 Å². The molecule has 0 spiro atoms. The molecule has 0 radical (unpaired) electrons. The predicted molar refractivity (Wildman–Crippen MR) is 132 cm³/mol. The van der Waals surface area contributed by atoms with E-state index >= 15 is 0 Å². The molecule has 0 fully saturated rings. The highest BCUT2D eigenvalue weighted by atomic mass is 32.2. The van der Waals surface area contributed by atoms with E-state index in [1.807, 2.05) is 13.8 Å². The first-order chi connectivity index (χ1) is 16.3. The first-order valence-electron chi connectivity index (χ1n) is 11.1. The highest BCUT2D eigenvalue weighted by molar-refractivity contribution is 7.92. The molecule has 3 atom stereocenters. The van der Waals surface area contributed by atoms with Crippen LogP contribution in [0.1, 0.15) is 50.8 Å². The van der Waals surface area contributed by atoms with E-state index in [1.165, 1.54) is 37.4 Å². The first kappa shape index (κ1) is 28.3. The van der Waals surface area contributed by atoms with Gasteiger partial charge in [0.05, 0.1) is 35.8 Å². The van der Waals surface area contributed by atoms with Crippen LogP contribution in [-0.2, 0) is 14.8 Å². The summed E-state index contributed by atoms with van der Waals surface area (Å²) < 4.78 is 38.8. The summed E-state index contributed by atoms with van der Waals surface area (Å²) >= 11 is 0. The molecule has 1 aromatic heterocycles. The second-order valence-electron chi connectivity index (χ2n) is 8.65. The zero-order valence-corrected chi connectivity index (χ0v) is 21.2. The lowest BCUT2D eigenvalue weighted by Crippen LogP contribution is -2.30. The number of rotatable bonds is 11. The number of aromatic nitrogens is 2. The Kier molecular flexibility index (Phi) is 9.47. The number of benzene rings is 1. The van der Waals surface area contributed by atoms with Crippen LogP contribution in [0.3, 0.4) is 0 Å². The van der Waals surface area contributed by atoms with Gasteiger partial charge in [-0.15, -0.1) is 0 Å². The Balaban J connectivity index is 2.59. The van der Waals surface area contributed by atoms with Crippen LogP contribution in [0.25, 0.3) is 17.3 Å². The SMILES string of the molecule is CCC(C(=O)O)[C@H](O)C[C@H](O)C=Cc1c(-c2ccc(F)cc2)nc(N(C)S(C)(=O)=O)nc1C(C)C. The van der Waals surface area contributed by atoms with Crippen molar-refractivity contribution in [2.75, 3.05) is 17.6 Å². The summed E-state index contributed by atoms with van der Waals surface area (Å²) in [5, 5.41) is 29.9. The molecule has 1 unspecified atom stereocenters. The summed E-state index contributed by atoms with van der Waals surface area (Å²) in [6.45, 7) is 5.36. The minimum Gasteiger partial charge on any atom is -0.481 e. The summed E-state index contributed by atoms with van der Waals surface area (Å²) in [4.78, 5) is 20.2. The molecular weight excluding hydrogens is 477 g/mol. The lowest BCUT2D eigenvalue weighted by Gasteiger charge is -2.21. The van der Waals surface area contributed by atoms with E-state index in [2.05, 4.69) is 9.97 Å².